The average Bonchev–Trinajstić information content (AvgIpc) is 3.24. The van der Waals surface area contributed by atoms with Crippen LogP contribution in [-0.2, 0) is 38.0 Å². The number of unbranched alkanes of at least 4 members (excludes halogenated alkanes) is 22. The number of esters is 2. The van der Waals surface area contributed by atoms with Crippen LogP contribution in [0.2, 0.25) is 0 Å². The Morgan fingerprint density at radius 2 is 0.850 bits per heavy atom. The Hall–Kier alpha value is -1.50. The molecule has 0 aromatic heterocycles. The molecule has 60 heavy (non-hydrogen) atoms. The van der Waals surface area contributed by atoms with Crippen molar-refractivity contribution in [2.45, 2.75) is 248 Å². The molecule has 15 nitrogen and oxygen atoms in total. The standard InChI is InChI=1S/C45H84O15/c1-3-5-7-9-11-13-15-16-17-18-20-21-23-25-27-36(47)55-30-33(58-37(48)28-26-24-22-19-14-12-10-8-6-4-2)31-56-44-43(54)41(52)39(50)35(60-44)32-57-45-42(53)40(51)38(49)34(29-46)59-45/h33-35,38-46,49-54H,3-32H2,1-2H3/t33-,34-,35-,38+,39+,40?,41?,42?,43?,44-,45-/m1/s1. The molecule has 0 spiro atoms. The minimum absolute atomic E-state index is 0.171. The topological polar surface area (TPSA) is 231 Å². The highest BCUT2D eigenvalue weighted by Crippen LogP contribution is 2.26. The van der Waals surface area contributed by atoms with Crippen LogP contribution >= 0.6 is 0 Å². The highest BCUT2D eigenvalue weighted by molar-refractivity contribution is 5.70. The molecule has 0 saturated carbocycles. The molecule has 2 rings (SSSR count). The van der Waals surface area contributed by atoms with E-state index in [2.05, 4.69) is 13.8 Å². The van der Waals surface area contributed by atoms with E-state index in [1.54, 1.807) is 0 Å². The van der Waals surface area contributed by atoms with E-state index in [1.807, 2.05) is 0 Å². The summed E-state index contributed by atoms with van der Waals surface area (Å²) in [4.78, 5) is 25.6. The maximum Gasteiger partial charge on any atom is 0.306 e. The third-order valence-electron chi connectivity index (χ3n) is 11.6. The summed E-state index contributed by atoms with van der Waals surface area (Å²) in [5, 5.41) is 71.8. The minimum Gasteiger partial charge on any atom is -0.462 e. The van der Waals surface area contributed by atoms with Crippen molar-refractivity contribution in [1.82, 2.24) is 0 Å². The third kappa shape index (κ3) is 22.7. The Kier molecular flexibility index (Phi) is 30.9. The van der Waals surface area contributed by atoms with Crippen LogP contribution < -0.4 is 0 Å². The quantitative estimate of drug-likeness (QED) is 0.0315. The van der Waals surface area contributed by atoms with Gasteiger partial charge in [0, 0.05) is 12.8 Å². The molecular weight excluding hydrogens is 780 g/mol. The zero-order valence-electron chi connectivity index (χ0n) is 37.0. The first-order valence-corrected chi connectivity index (χ1v) is 23.6. The van der Waals surface area contributed by atoms with E-state index < -0.39 is 92.7 Å². The van der Waals surface area contributed by atoms with Gasteiger partial charge in [-0.1, -0.05) is 155 Å². The van der Waals surface area contributed by atoms with E-state index >= 15 is 0 Å². The van der Waals surface area contributed by atoms with Crippen molar-refractivity contribution in [3.8, 4) is 0 Å². The Morgan fingerprint density at radius 1 is 0.467 bits per heavy atom. The van der Waals surface area contributed by atoms with Crippen LogP contribution in [-0.4, -0.2) is 142 Å². The Labute approximate surface area is 359 Å². The van der Waals surface area contributed by atoms with E-state index in [0.717, 1.165) is 38.5 Å². The first-order valence-electron chi connectivity index (χ1n) is 23.6. The summed E-state index contributed by atoms with van der Waals surface area (Å²) in [6, 6.07) is 0. The van der Waals surface area contributed by atoms with E-state index in [-0.39, 0.29) is 26.1 Å². The van der Waals surface area contributed by atoms with E-state index in [1.165, 1.54) is 103 Å². The molecule has 15 heteroatoms. The molecule has 2 saturated heterocycles. The zero-order chi connectivity index (χ0) is 44.0. The number of hydrogen-bond acceptors (Lipinski definition) is 15. The molecule has 11 atom stereocenters. The molecule has 0 amide bonds. The fraction of sp³-hybridized carbons (Fsp3) is 0.956. The minimum atomic E-state index is -1.76. The third-order valence-corrected chi connectivity index (χ3v) is 11.6. The Balaban J connectivity index is 1.83. The van der Waals surface area contributed by atoms with Gasteiger partial charge in [0.1, 0.15) is 55.4 Å². The molecule has 2 fully saturated rings. The van der Waals surface area contributed by atoms with Crippen LogP contribution in [0.1, 0.15) is 181 Å². The molecule has 2 heterocycles. The van der Waals surface area contributed by atoms with E-state index in [4.69, 9.17) is 28.4 Å². The van der Waals surface area contributed by atoms with Crippen LogP contribution in [0, 0.1) is 0 Å². The maximum absolute atomic E-state index is 12.9. The Morgan fingerprint density at radius 3 is 1.30 bits per heavy atom. The van der Waals surface area contributed by atoms with Gasteiger partial charge in [-0.05, 0) is 12.8 Å². The van der Waals surface area contributed by atoms with Crippen molar-refractivity contribution in [3.05, 3.63) is 0 Å². The summed E-state index contributed by atoms with van der Waals surface area (Å²) in [5.74, 6) is -0.917. The van der Waals surface area contributed by atoms with Crippen molar-refractivity contribution in [2.75, 3.05) is 26.4 Å². The lowest BCUT2D eigenvalue weighted by Crippen LogP contribution is -2.61. The van der Waals surface area contributed by atoms with Gasteiger partial charge >= 0.3 is 11.9 Å². The molecule has 2 aliphatic heterocycles. The van der Waals surface area contributed by atoms with Crippen molar-refractivity contribution < 1.29 is 73.8 Å². The smallest absolute Gasteiger partial charge is 0.306 e. The zero-order valence-corrected chi connectivity index (χ0v) is 37.0. The number of aliphatic hydroxyl groups is 7. The molecule has 4 unspecified atom stereocenters. The van der Waals surface area contributed by atoms with Crippen LogP contribution in [0.5, 0.6) is 0 Å². The predicted octanol–water partition coefficient (Wildman–Crippen LogP) is 5.26. The second-order valence-corrected chi connectivity index (χ2v) is 17.0. The molecule has 0 aliphatic carbocycles. The van der Waals surface area contributed by atoms with Gasteiger partial charge in [-0.3, -0.25) is 9.59 Å². The van der Waals surface area contributed by atoms with Gasteiger partial charge in [-0.25, -0.2) is 0 Å². The SMILES string of the molecule is CCCCCCCCCCCCCCCCC(=O)OC[C@H](CO[C@@H]1O[C@H](CO[C@@H]2O[C@H](CO)[C@H](O)C(O)C2O)[C@H](O)C(O)C1O)OC(=O)CCCCCCCCCCCC. The molecule has 0 aromatic carbocycles. The van der Waals surface area contributed by atoms with Gasteiger partial charge < -0.3 is 64.2 Å². The lowest BCUT2D eigenvalue weighted by atomic mass is 9.98. The summed E-state index contributed by atoms with van der Waals surface area (Å²) in [6.45, 7) is 2.58. The van der Waals surface area contributed by atoms with Crippen LogP contribution in [0.25, 0.3) is 0 Å². The van der Waals surface area contributed by atoms with Crippen molar-refractivity contribution in [2.24, 2.45) is 0 Å². The summed E-state index contributed by atoms with van der Waals surface area (Å²) < 4.78 is 33.5. The van der Waals surface area contributed by atoms with Crippen molar-refractivity contribution in [1.29, 1.82) is 0 Å². The number of ether oxygens (including phenoxy) is 6. The number of carbonyl (C=O) groups is 2. The molecule has 0 radical (unpaired) electrons. The normalized spacial score (nSPS) is 27.5. The second kappa shape index (κ2) is 34.0. The highest BCUT2D eigenvalue weighted by atomic mass is 16.7. The fourth-order valence-corrected chi connectivity index (χ4v) is 7.63. The largest absolute Gasteiger partial charge is 0.462 e. The predicted molar refractivity (Wildman–Crippen MR) is 225 cm³/mol. The number of hydrogen-bond donors (Lipinski definition) is 7. The summed E-state index contributed by atoms with van der Waals surface area (Å²) >= 11 is 0. The lowest BCUT2D eigenvalue weighted by molar-refractivity contribution is -0.332. The summed E-state index contributed by atoms with van der Waals surface area (Å²) in [6.07, 6.45) is 11.5. The maximum atomic E-state index is 12.9. The first kappa shape index (κ1) is 54.6. The van der Waals surface area contributed by atoms with Gasteiger partial charge in [0.05, 0.1) is 19.8 Å². The van der Waals surface area contributed by atoms with Gasteiger partial charge in [-0.2, -0.15) is 0 Å². The highest BCUT2D eigenvalue weighted by Gasteiger charge is 2.47. The average molecular weight is 865 g/mol. The molecule has 354 valence electrons. The molecule has 0 bridgehead atoms. The van der Waals surface area contributed by atoms with Crippen molar-refractivity contribution in [3.63, 3.8) is 0 Å². The van der Waals surface area contributed by atoms with Crippen LogP contribution in [0.3, 0.4) is 0 Å². The van der Waals surface area contributed by atoms with E-state index in [0.29, 0.717) is 12.8 Å². The van der Waals surface area contributed by atoms with E-state index in [9.17, 15) is 45.3 Å². The molecule has 7 N–H and O–H groups in total. The second-order valence-electron chi connectivity index (χ2n) is 17.0. The van der Waals surface area contributed by atoms with Crippen LogP contribution in [0.4, 0.5) is 0 Å². The number of carbonyl (C=O) groups excluding carboxylic acids is 2. The van der Waals surface area contributed by atoms with Gasteiger partial charge in [0.2, 0.25) is 0 Å². The summed E-state index contributed by atoms with van der Waals surface area (Å²) in [7, 11) is 0. The van der Waals surface area contributed by atoms with Gasteiger partial charge in [-0.15, -0.1) is 0 Å². The lowest BCUT2D eigenvalue weighted by Gasteiger charge is -2.42. The first-order chi connectivity index (χ1) is 29.0. The van der Waals surface area contributed by atoms with Crippen LogP contribution in [0.15, 0.2) is 0 Å². The summed E-state index contributed by atoms with van der Waals surface area (Å²) in [5.41, 5.74) is 0. The number of rotatable bonds is 36. The fourth-order valence-electron chi connectivity index (χ4n) is 7.63. The molecular formula is C45H84O15. The molecule has 0 aromatic rings. The number of aliphatic hydroxyl groups excluding tert-OH is 7. The molecule has 2 aliphatic rings. The monoisotopic (exact) mass is 865 g/mol. The van der Waals surface area contributed by atoms with Gasteiger partial charge in [0.15, 0.2) is 18.7 Å². The Bertz CT molecular complexity index is 1070. The van der Waals surface area contributed by atoms with Crippen molar-refractivity contribution >= 4 is 11.9 Å². The van der Waals surface area contributed by atoms with Gasteiger partial charge in [0.25, 0.3) is 0 Å².